The maximum absolute atomic E-state index is 9.92. The van der Waals surface area contributed by atoms with Gasteiger partial charge < -0.3 is 19.3 Å². The molecule has 7 heteroatoms. The van der Waals surface area contributed by atoms with Gasteiger partial charge in [-0.05, 0) is 73.2 Å². The minimum Gasteiger partial charge on any atom is -0.508 e. The van der Waals surface area contributed by atoms with Crippen molar-refractivity contribution in [3.8, 4) is 5.75 Å². The van der Waals surface area contributed by atoms with Crippen molar-refractivity contribution in [3.63, 3.8) is 0 Å². The molecule has 0 aromatic heterocycles. The summed E-state index contributed by atoms with van der Waals surface area (Å²) in [5.41, 5.74) is 1.01. The fourth-order valence-corrected chi connectivity index (χ4v) is 6.18. The predicted octanol–water partition coefficient (Wildman–Crippen LogP) is 3.65. The van der Waals surface area contributed by atoms with Crippen LogP contribution in [0.15, 0.2) is 36.4 Å². The van der Waals surface area contributed by atoms with Crippen molar-refractivity contribution >= 4 is 10.8 Å². The van der Waals surface area contributed by atoms with E-state index in [0.29, 0.717) is 24.7 Å². The monoisotopic (exact) mass is 483 g/mol. The maximum atomic E-state index is 9.92. The lowest BCUT2D eigenvalue weighted by Gasteiger charge is -2.51. The summed E-state index contributed by atoms with van der Waals surface area (Å²) in [6.07, 6.45) is 7.12. The van der Waals surface area contributed by atoms with Crippen LogP contribution < -0.4 is 5.32 Å². The quantitative estimate of drug-likeness (QED) is 0.623. The van der Waals surface area contributed by atoms with Crippen molar-refractivity contribution in [1.82, 2.24) is 15.1 Å². The third-order valence-corrected chi connectivity index (χ3v) is 8.38. The zero-order valence-corrected chi connectivity index (χ0v) is 21.2. The molecule has 3 saturated heterocycles. The van der Waals surface area contributed by atoms with E-state index >= 15 is 0 Å². The maximum Gasteiger partial charge on any atom is 0.116 e. The van der Waals surface area contributed by atoms with Crippen molar-refractivity contribution in [3.05, 3.63) is 42.0 Å². The van der Waals surface area contributed by atoms with Gasteiger partial charge in [0.25, 0.3) is 0 Å². The Morgan fingerprint density at radius 1 is 0.857 bits per heavy atom. The van der Waals surface area contributed by atoms with Crippen LogP contribution in [0.2, 0.25) is 0 Å². The molecule has 0 bridgehead atoms. The van der Waals surface area contributed by atoms with Crippen molar-refractivity contribution in [1.29, 1.82) is 0 Å². The Morgan fingerprint density at radius 3 is 2.23 bits per heavy atom. The summed E-state index contributed by atoms with van der Waals surface area (Å²) >= 11 is 0. The highest BCUT2D eigenvalue weighted by atomic mass is 16.5. The predicted molar refractivity (Wildman–Crippen MR) is 137 cm³/mol. The summed E-state index contributed by atoms with van der Waals surface area (Å²) in [7, 11) is 3.64. The van der Waals surface area contributed by atoms with E-state index in [9.17, 15) is 5.11 Å². The van der Waals surface area contributed by atoms with Gasteiger partial charge in [-0.15, -0.1) is 0 Å². The van der Waals surface area contributed by atoms with Gasteiger partial charge in [-0.2, -0.15) is 0 Å². The molecule has 0 aliphatic carbocycles. The van der Waals surface area contributed by atoms with Crippen molar-refractivity contribution in [2.75, 3.05) is 53.7 Å². The van der Waals surface area contributed by atoms with Gasteiger partial charge in [0.05, 0.1) is 25.0 Å². The fourth-order valence-electron chi connectivity index (χ4n) is 6.18. The van der Waals surface area contributed by atoms with Crippen LogP contribution >= 0.6 is 0 Å². The fraction of sp³-hybridized carbons (Fsp3) is 0.643. The molecule has 0 spiro atoms. The van der Waals surface area contributed by atoms with Crippen LogP contribution in [0.5, 0.6) is 5.75 Å². The van der Waals surface area contributed by atoms with Gasteiger partial charge in [-0.3, -0.25) is 15.1 Å². The number of nitrogens with one attached hydrogen (secondary N) is 1. The van der Waals surface area contributed by atoms with Gasteiger partial charge in [-0.1, -0.05) is 18.2 Å². The van der Waals surface area contributed by atoms with Crippen LogP contribution in [0.3, 0.4) is 0 Å². The molecule has 2 N–H and O–H groups in total. The molecule has 3 aliphatic heterocycles. The summed E-state index contributed by atoms with van der Waals surface area (Å²) in [4.78, 5) is 5.04. The van der Waals surface area contributed by atoms with E-state index in [4.69, 9.17) is 14.2 Å². The molecule has 3 fully saturated rings. The number of hydrogen-bond donors (Lipinski definition) is 2. The second-order valence-electron chi connectivity index (χ2n) is 10.4. The van der Waals surface area contributed by atoms with E-state index in [1.54, 1.807) is 6.07 Å². The number of benzene rings is 2. The SMILES string of the molecule is COC1CCN(COC2CCNC(c3ccc4cc(O)ccc4c3)(N3CCC(OC)CC3)C2)CC1. The highest BCUT2D eigenvalue weighted by Gasteiger charge is 2.44. The first-order valence-electron chi connectivity index (χ1n) is 13.2. The molecule has 35 heavy (non-hydrogen) atoms. The lowest BCUT2D eigenvalue weighted by Crippen LogP contribution is -2.63. The van der Waals surface area contributed by atoms with Crippen LogP contribution in [0.4, 0.5) is 0 Å². The molecule has 3 heterocycles. The number of phenolic OH excluding ortho intramolecular Hbond substituents is 1. The van der Waals surface area contributed by atoms with Gasteiger partial charge in [0, 0.05) is 46.8 Å². The molecule has 2 aromatic rings. The zero-order valence-electron chi connectivity index (χ0n) is 21.2. The number of fused-ring (bicyclic) bond motifs is 1. The summed E-state index contributed by atoms with van der Waals surface area (Å²) in [6, 6.07) is 12.3. The molecule has 2 unspecified atom stereocenters. The molecule has 3 aliphatic rings. The van der Waals surface area contributed by atoms with E-state index in [1.807, 2.05) is 26.4 Å². The van der Waals surface area contributed by atoms with E-state index in [2.05, 4.69) is 33.3 Å². The molecule has 5 rings (SSSR count). The second-order valence-corrected chi connectivity index (χ2v) is 10.4. The lowest BCUT2D eigenvalue weighted by molar-refractivity contribution is -0.104. The summed E-state index contributed by atoms with van der Waals surface area (Å²) in [5.74, 6) is 0.306. The highest BCUT2D eigenvalue weighted by Crippen LogP contribution is 2.39. The first-order chi connectivity index (χ1) is 17.1. The number of rotatable bonds is 7. The van der Waals surface area contributed by atoms with Gasteiger partial charge in [0.15, 0.2) is 0 Å². The minimum absolute atomic E-state index is 0.201. The average Bonchev–Trinajstić information content (AvgIpc) is 2.92. The topological polar surface area (TPSA) is 66.4 Å². The molecule has 192 valence electrons. The Labute approximate surface area is 209 Å². The zero-order chi connectivity index (χ0) is 24.3. The van der Waals surface area contributed by atoms with Gasteiger partial charge in [0.1, 0.15) is 11.4 Å². The van der Waals surface area contributed by atoms with Crippen LogP contribution in [0, 0.1) is 0 Å². The largest absolute Gasteiger partial charge is 0.508 e. The number of likely N-dealkylation sites (tertiary alicyclic amines) is 2. The summed E-state index contributed by atoms with van der Waals surface area (Å²) in [6.45, 7) is 5.69. The Kier molecular flexibility index (Phi) is 7.92. The van der Waals surface area contributed by atoms with Gasteiger partial charge >= 0.3 is 0 Å². The first kappa shape index (κ1) is 24.9. The van der Waals surface area contributed by atoms with Gasteiger partial charge in [0.2, 0.25) is 0 Å². The molecule has 0 radical (unpaired) electrons. The molecule has 7 nitrogen and oxygen atoms in total. The number of hydrogen-bond acceptors (Lipinski definition) is 7. The van der Waals surface area contributed by atoms with Crippen LogP contribution in [0.1, 0.15) is 44.1 Å². The summed E-state index contributed by atoms with van der Waals surface area (Å²) in [5, 5.41) is 16.1. The molecule has 0 saturated carbocycles. The second kappa shape index (κ2) is 11.1. The number of ether oxygens (including phenoxy) is 3. The standard InChI is InChI=1S/C28H41N3O4/c1-33-25-8-13-30(14-9-25)20-35-27-7-12-29-28(19-27,31-15-10-26(34-2)11-16-31)23-5-3-22-18-24(32)6-4-21(22)17-23/h3-6,17-18,25-27,29,32H,7-16,19-20H2,1-2H3. The average molecular weight is 484 g/mol. The molecule has 2 atom stereocenters. The van der Waals surface area contributed by atoms with Crippen molar-refractivity contribution < 1.29 is 19.3 Å². The molecule has 0 amide bonds. The highest BCUT2D eigenvalue weighted by molar-refractivity contribution is 5.84. The lowest BCUT2D eigenvalue weighted by atomic mass is 9.84. The number of methoxy groups -OCH3 is 2. The Bertz CT molecular complexity index is 972. The van der Waals surface area contributed by atoms with Crippen LogP contribution in [-0.2, 0) is 19.9 Å². The van der Waals surface area contributed by atoms with Crippen LogP contribution in [-0.4, -0.2) is 86.9 Å². The smallest absolute Gasteiger partial charge is 0.116 e. The van der Waals surface area contributed by atoms with Crippen molar-refractivity contribution in [2.45, 2.75) is 62.5 Å². The van der Waals surface area contributed by atoms with E-state index in [-0.39, 0.29) is 11.8 Å². The molecular formula is C28H41N3O4. The Morgan fingerprint density at radius 2 is 1.51 bits per heavy atom. The van der Waals surface area contributed by atoms with Gasteiger partial charge in [-0.25, -0.2) is 0 Å². The third kappa shape index (κ3) is 5.50. The Hall–Kier alpha value is -1.74. The number of aromatic hydroxyl groups is 1. The third-order valence-electron chi connectivity index (χ3n) is 8.38. The van der Waals surface area contributed by atoms with Crippen molar-refractivity contribution in [2.24, 2.45) is 0 Å². The first-order valence-corrected chi connectivity index (χ1v) is 13.2. The minimum atomic E-state index is -0.267. The van der Waals surface area contributed by atoms with Crippen LogP contribution in [0.25, 0.3) is 10.8 Å². The number of piperidine rings is 3. The van der Waals surface area contributed by atoms with E-state index in [0.717, 1.165) is 82.0 Å². The Balaban J connectivity index is 1.36. The number of nitrogens with zero attached hydrogens (tertiary/aromatic N) is 2. The molecular weight excluding hydrogens is 442 g/mol. The normalized spacial score (nSPS) is 28.0. The number of phenols is 1. The van der Waals surface area contributed by atoms with E-state index < -0.39 is 0 Å². The van der Waals surface area contributed by atoms with E-state index in [1.165, 1.54) is 5.56 Å². The summed E-state index contributed by atoms with van der Waals surface area (Å²) < 4.78 is 17.8. The molecule has 2 aromatic carbocycles.